The molecule has 0 spiro atoms. The third-order valence-corrected chi connectivity index (χ3v) is 5.95. The summed E-state index contributed by atoms with van der Waals surface area (Å²) in [6.45, 7) is -1.13. The highest BCUT2D eigenvalue weighted by Gasteiger charge is 2.31. The van der Waals surface area contributed by atoms with Crippen LogP contribution >= 0.6 is 0 Å². The van der Waals surface area contributed by atoms with Crippen LogP contribution in [0.25, 0.3) is 16.6 Å². The van der Waals surface area contributed by atoms with Gasteiger partial charge in [0.2, 0.25) is 10.0 Å². The monoisotopic (exact) mass is 494 g/mol. The quantitative estimate of drug-likeness (QED) is 0.247. The van der Waals surface area contributed by atoms with Gasteiger partial charge in [-0.2, -0.15) is 18.4 Å². The van der Waals surface area contributed by atoms with Gasteiger partial charge in [0.1, 0.15) is 18.2 Å². The number of alkyl halides is 3. The molecule has 3 rings (SSSR count). The minimum absolute atomic E-state index is 0.0751. The van der Waals surface area contributed by atoms with Crippen LogP contribution in [0.15, 0.2) is 59.2 Å². The lowest BCUT2D eigenvalue weighted by Crippen LogP contribution is -2.27. The number of para-hydroxylation sites is 2. The number of fused-ring (bicyclic) bond motifs is 1. The van der Waals surface area contributed by atoms with E-state index in [1.165, 1.54) is 0 Å². The molecule has 178 valence electrons. The Labute approximate surface area is 191 Å². The molecule has 0 amide bonds. The minimum atomic E-state index is -4.71. The number of nitrogens with one attached hydrogen (secondary N) is 2. The molecule has 0 atom stereocenters. The number of hydrogen-bond donors (Lipinski definition) is 3. The number of ether oxygens (including phenoxy) is 1. The van der Waals surface area contributed by atoms with Gasteiger partial charge < -0.3 is 14.8 Å². The number of aromatic nitrogens is 2. The number of H-pyrrole nitrogens is 1. The number of aliphatic hydroxyl groups is 1. The molecular weight excluding hydrogens is 477 g/mol. The van der Waals surface area contributed by atoms with E-state index in [0.29, 0.717) is 17.1 Å². The predicted octanol–water partition coefficient (Wildman–Crippen LogP) is 3.29. The number of carbonyl (C=O) groups is 1. The van der Waals surface area contributed by atoms with Crippen molar-refractivity contribution in [2.24, 2.45) is 0 Å². The summed E-state index contributed by atoms with van der Waals surface area (Å²) in [6.07, 6.45) is -5.19. The van der Waals surface area contributed by atoms with E-state index in [0.717, 1.165) is 18.2 Å². The molecule has 0 bridgehead atoms. The highest BCUT2D eigenvalue weighted by molar-refractivity contribution is 7.89. The van der Waals surface area contributed by atoms with Crippen LogP contribution < -0.4 is 4.72 Å². The first kappa shape index (κ1) is 24.7. The maximum Gasteiger partial charge on any atom is 0.416 e. The fraction of sp³-hybridized carbons (Fsp3) is 0.190. The average molecular weight is 494 g/mol. The van der Waals surface area contributed by atoms with Crippen molar-refractivity contribution in [1.29, 1.82) is 5.26 Å². The Morgan fingerprint density at radius 1 is 1.21 bits per heavy atom. The van der Waals surface area contributed by atoms with Crippen LogP contribution in [-0.4, -0.2) is 42.6 Å². The first-order valence-electron chi connectivity index (χ1n) is 9.61. The Bertz CT molecular complexity index is 1360. The van der Waals surface area contributed by atoms with Gasteiger partial charge in [0.05, 0.1) is 27.9 Å². The van der Waals surface area contributed by atoms with Gasteiger partial charge in [0.15, 0.2) is 11.6 Å². The number of hydrogen-bond acceptors (Lipinski definition) is 7. The number of nitriles is 1. The molecule has 0 aliphatic carbocycles. The third-order valence-electron chi connectivity index (χ3n) is 4.49. The molecule has 3 N–H and O–H groups in total. The largest absolute Gasteiger partial charge is 0.507 e. The van der Waals surface area contributed by atoms with Gasteiger partial charge in [0.25, 0.3) is 0 Å². The van der Waals surface area contributed by atoms with Gasteiger partial charge in [-0.05, 0) is 30.3 Å². The molecule has 1 aromatic heterocycles. The summed E-state index contributed by atoms with van der Waals surface area (Å²) in [5.74, 6) is -1.41. The Kier molecular flexibility index (Phi) is 7.23. The van der Waals surface area contributed by atoms with Gasteiger partial charge >= 0.3 is 12.1 Å². The second-order valence-electron chi connectivity index (χ2n) is 6.87. The van der Waals surface area contributed by atoms with Gasteiger partial charge in [-0.3, -0.25) is 4.79 Å². The smallest absolute Gasteiger partial charge is 0.416 e. The van der Waals surface area contributed by atoms with Crippen molar-refractivity contribution in [3.8, 4) is 6.07 Å². The standard InChI is InChI=1S/C21H17F3N4O5S/c22-21(23,24)13-4-3-5-14(10-13)34(31,32)26-9-8-19(30)33-12-18(29)15(11-25)20-27-16-6-1-2-7-17(16)28-20/h1-7,10,26,29H,8-9,12H2,(H,27,28). The number of sulfonamides is 1. The molecule has 0 aliphatic heterocycles. The van der Waals surface area contributed by atoms with Gasteiger partial charge in [-0.1, -0.05) is 18.2 Å². The molecule has 0 radical (unpaired) electrons. The maximum absolute atomic E-state index is 12.8. The lowest BCUT2D eigenvalue weighted by Gasteiger charge is -2.10. The highest BCUT2D eigenvalue weighted by Crippen LogP contribution is 2.30. The second-order valence-corrected chi connectivity index (χ2v) is 8.64. The minimum Gasteiger partial charge on any atom is -0.507 e. The van der Waals surface area contributed by atoms with Crippen molar-refractivity contribution in [2.45, 2.75) is 17.5 Å². The van der Waals surface area contributed by atoms with Crippen LogP contribution in [0.2, 0.25) is 0 Å². The lowest BCUT2D eigenvalue weighted by molar-refractivity contribution is -0.143. The zero-order valence-electron chi connectivity index (χ0n) is 17.3. The van der Waals surface area contributed by atoms with Crippen molar-refractivity contribution in [2.75, 3.05) is 13.2 Å². The predicted molar refractivity (Wildman–Crippen MR) is 113 cm³/mol. The van der Waals surface area contributed by atoms with E-state index in [9.17, 15) is 36.8 Å². The number of carbonyl (C=O) groups excluding carboxylic acids is 1. The summed E-state index contributed by atoms with van der Waals surface area (Å²) >= 11 is 0. The van der Waals surface area contributed by atoms with Crippen molar-refractivity contribution in [3.63, 3.8) is 0 Å². The Morgan fingerprint density at radius 3 is 2.62 bits per heavy atom. The maximum atomic E-state index is 12.8. The number of imidazole rings is 1. The number of aliphatic hydroxyl groups excluding tert-OH is 1. The van der Waals surface area contributed by atoms with E-state index in [1.807, 2.05) is 4.72 Å². The summed E-state index contributed by atoms with van der Waals surface area (Å²) < 4.78 is 69.6. The van der Waals surface area contributed by atoms with E-state index in [1.54, 1.807) is 30.3 Å². The number of nitrogens with zero attached hydrogens (tertiary/aromatic N) is 2. The Hall–Kier alpha value is -3.89. The van der Waals surface area contributed by atoms with Crippen LogP contribution in [-0.2, 0) is 25.7 Å². The zero-order chi connectivity index (χ0) is 24.9. The number of halogens is 3. The van der Waals surface area contributed by atoms with Gasteiger partial charge in [-0.15, -0.1) is 0 Å². The highest BCUT2D eigenvalue weighted by atomic mass is 32.2. The normalized spacial score (nSPS) is 12.8. The lowest BCUT2D eigenvalue weighted by atomic mass is 10.2. The van der Waals surface area contributed by atoms with Crippen LogP contribution in [0.4, 0.5) is 13.2 Å². The van der Waals surface area contributed by atoms with Crippen LogP contribution in [0.5, 0.6) is 0 Å². The second kappa shape index (κ2) is 9.94. The molecular formula is C21H17F3N4O5S. The molecule has 34 heavy (non-hydrogen) atoms. The average Bonchev–Trinajstić information content (AvgIpc) is 3.21. The molecule has 0 aliphatic rings. The number of allylic oxidation sites excluding steroid dienone is 1. The number of esters is 1. The van der Waals surface area contributed by atoms with Crippen molar-refractivity contribution in [1.82, 2.24) is 14.7 Å². The summed E-state index contributed by atoms with van der Waals surface area (Å²) in [5.41, 5.74) is -0.185. The summed E-state index contributed by atoms with van der Waals surface area (Å²) in [5, 5.41) is 19.5. The Morgan fingerprint density at radius 2 is 1.94 bits per heavy atom. The molecule has 0 saturated heterocycles. The topological polar surface area (TPSA) is 145 Å². The number of aromatic amines is 1. The van der Waals surface area contributed by atoms with Crippen molar-refractivity contribution in [3.05, 3.63) is 65.7 Å². The van der Waals surface area contributed by atoms with E-state index in [2.05, 4.69) is 9.97 Å². The summed E-state index contributed by atoms with van der Waals surface area (Å²) in [6, 6.07) is 11.8. The van der Waals surface area contributed by atoms with Crippen LogP contribution in [0.1, 0.15) is 17.8 Å². The van der Waals surface area contributed by atoms with Crippen molar-refractivity contribution >= 4 is 32.6 Å². The SMILES string of the molecule is N#CC(=C(O)COC(=O)CCNS(=O)(=O)c1cccc(C(F)(F)F)c1)c1nc2ccccc2[nH]1. The van der Waals surface area contributed by atoms with E-state index in [-0.39, 0.29) is 11.4 Å². The van der Waals surface area contributed by atoms with E-state index < -0.39 is 58.0 Å². The molecule has 0 saturated carbocycles. The molecule has 0 fully saturated rings. The van der Waals surface area contributed by atoms with E-state index >= 15 is 0 Å². The Balaban J connectivity index is 1.57. The van der Waals surface area contributed by atoms with Crippen LogP contribution in [0.3, 0.4) is 0 Å². The van der Waals surface area contributed by atoms with E-state index in [4.69, 9.17) is 4.74 Å². The molecule has 3 aromatic rings. The molecule has 1 heterocycles. The van der Waals surface area contributed by atoms with Crippen molar-refractivity contribution < 1.29 is 36.2 Å². The van der Waals surface area contributed by atoms with Crippen LogP contribution in [0, 0.1) is 11.3 Å². The first-order chi connectivity index (χ1) is 16.0. The fourth-order valence-electron chi connectivity index (χ4n) is 2.83. The molecule has 0 unspecified atom stereocenters. The summed E-state index contributed by atoms with van der Waals surface area (Å²) in [4.78, 5) is 18.3. The fourth-order valence-corrected chi connectivity index (χ4v) is 3.91. The number of benzene rings is 2. The first-order valence-corrected chi connectivity index (χ1v) is 11.1. The summed E-state index contributed by atoms with van der Waals surface area (Å²) in [7, 11) is -4.31. The third kappa shape index (κ3) is 5.91. The van der Waals surface area contributed by atoms with Gasteiger partial charge in [-0.25, -0.2) is 18.1 Å². The zero-order valence-corrected chi connectivity index (χ0v) is 18.1. The van der Waals surface area contributed by atoms with Gasteiger partial charge in [0, 0.05) is 6.54 Å². The number of rotatable bonds is 8. The molecule has 2 aromatic carbocycles. The molecule has 13 heteroatoms. The molecule has 9 nitrogen and oxygen atoms in total.